The highest BCUT2D eigenvalue weighted by molar-refractivity contribution is 5.24. The predicted molar refractivity (Wildman–Crippen MR) is 82.4 cm³/mol. The summed E-state index contributed by atoms with van der Waals surface area (Å²) in [7, 11) is 0. The summed E-state index contributed by atoms with van der Waals surface area (Å²) in [5, 5.41) is 20.3. The molecule has 0 radical (unpaired) electrons. The largest absolute Gasteiger partial charge is 0.379 e. The molecule has 0 bridgehead atoms. The van der Waals surface area contributed by atoms with Crippen molar-refractivity contribution in [2.24, 2.45) is 0 Å². The highest BCUT2D eigenvalue weighted by atomic mass is 16.5. The third-order valence-electron chi connectivity index (χ3n) is 2.89. The van der Waals surface area contributed by atoms with Crippen molar-refractivity contribution in [3.63, 3.8) is 0 Å². The van der Waals surface area contributed by atoms with Crippen LogP contribution in [0.2, 0.25) is 0 Å². The van der Waals surface area contributed by atoms with E-state index in [2.05, 4.69) is 0 Å². The van der Waals surface area contributed by atoms with Crippen molar-refractivity contribution in [1.82, 2.24) is 4.90 Å². The molecule has 2 N–H and O–H groups in total. The smallest absolute Gasteiger partial charge is 0.253 e. The number of rotatable bonds is 2. The van der Waals surface area contributed by atoms with Crippen LogP contribution in [-0.2, 0) is 10.6 Å². The van der Waals surface area contributed by atoms with E-state index in [4.69, 9.17) is 4.74 Å². The van der Waals surface area contributed by atoms with Gasteiger partial charge in [0, 0.05) is 18.7 Å². The van der Waals surface area contributed by atoms with Gasteiger partial charge in [0.15, 0.2) is 0 Å². The average molecular weight is 283 g/mol. The lowest BCUT2D eigenvalue weighted by Crippen LogP contribution is -2.51. The van der Waals surface area contributed by atoms with E-state index in [0.29, 0.717) is 31.9 Å². The first-order chi connectivity index (χ1) is 9.60. The topological polar surface area (TPSA) is 52.9 Å². The quantitative estimate of drug-likeness (QED) is 0.819. The molecule has 2 rings (SSSR count). The Morgan fingerprint density at radius 3 is 1.85 bits per heavy atom. The molecule has 1 heterocycles. The van der Waals surface area contributed by atoms with Crippen molar-refractivity contribution in [2.75, 3.05) is 26.3 Å². The summed E-state index contributed by atoms with van der Waals surface area (Å²) in [6, 6.07) is 7.23. The molecule has 0 amide bonds. The molecular formula is C16H29NO3. The van der Waals surface area contributed by atoms with Crippen molar-refractivity contribution in [3.8, 4) is 0 Å². The number of aryl methyl sites for hydroxylation is 1. The van der Waals surface area contributed by atoms with Crippen LogP contribution in [0, 0.1) is 6.92 Å². The zero-order valence-corrected chi connectivity index (χ0v) is 13.4. The number of morpholine rings is 1. The summed E-state index contributed by atoms with van der Waals surface area (Å²) in [6.07, 6.45) is 0. The molecule has 1 aliphatic heterocycles. The molecule has 20 heavy (non-hydrogen) atoms. The van der Waals surface area contributed by atoms with Crippen molar-refractivity contribution in [3.05, 3.63) is 35.4 Å². The van der Waals surface area contributed by atoms with Gasteiger partial charge in [-0.3, -0.25) is 0 Å². The highest BCUT2D eigenvalue weighted by Crippen LogP contribution is 2.23. The maximum absolute atomic E-state index is 10.1. The first kappa shape index (κ1) is 19.1. The zero-order chi connectivity index (χ0) is 15.6. The summed E-state index contributed by atoms with van der Waals surface area (Å²) < 4.78 is 5.19. The van der Waals surface area contributed by atoms with Crippen molar-refractivity contribution in [1.29, 1.82) is 0 Å². The van der Waals surface area contributed by atoms with E-state index in [1.807, 2.05) is 46.8 Å². The summed E-state index contributed by atoms with van der Waals surface area (Å²) in [5.41, 5.74) is 1.60. The Morgan fingerprint density at radius 2 is 1.40 bits per heavy atom. The molecule has 0 aromatic heterocycles. The Labute approximate surface area is 123 Å². The summed E-state index contributed by atoms with van der Waals surface area (Å²) in [4.78, 5) is 1.61. The molecule has 0 spiro atoms. The molecule has 116 valence electrons. The van der Waals surface area contributed by atoms with Gasteiger partial charge in [-0.15, -0.1) is 0 Å². The van der Waals surface area contributed by atoms with Crippen LogP contribution in [0.4, 0.5) is 0 Å². The maximum Gasteiger partial charge on any atom is 0.253 e. The van der Waals surface area contributed by atoms with Gasteiger partial charge in [-0.1, -0.05) is 57.5 Å². The number of benzene rings is 1. The van der Waals surface area contributed by atoms with Gasteiger partial charge in [-0.25, -0.2) is 4.90 Å². The first-order valence-corrected chi connectivity index (χ1v) is 7.45. The molecule has 4 heteroatoms. The SMILES string of the molecule is CC.CC.Cc1ccc(C(O)(O)N2CCOCC2)cc1. The van der Waals surface area contributed by atoms with Crippen LogP contribution in [0.1, 0.15) is 38.8 Å². The molecule has 1 saturated heterocycles. The molecule has 0 atom stereocenters. The second-order valence-electron chi connectivity index (χ2n) is 4.10. The molecular weight excluding hydrogens is 254 g/mol. The third-order valence-corrected chi connectivity index (χ3v) is 2.89. The van der Waals surface area contributed by atoms with Crippen LogP contribution >= 0.6 is 0 Å². The van der Waals surface area contributed by atoms with Gasteiger partial charge in [0.2, 0.25) is 0 Å². The Hall–Kier alpha value is -0.940. The van der Waals surface area contributed by atoms with Crippen LogP contribution in [0.15, 0.2) is 24.3 Å². The fraction of sp³-hybridized carbons (Fsp3) is 0.625. The van der Waals surface area contributed by atoms with Gasteiger partial charge < -0.3 is 14.9 Å². The molecule has 0 aliphatic carbocycles. The van der Waals surface area contributed by atoms with E-state index in [1.54, 1.807) is 17.0 Å². The average Bonchev–Trinajstić information content (AvgIpc) is 2.52. The van der Waals surface area contributed by atoms with Crippen molar-refractivity contribution >= 4 is 0 Å². The number of hydrogen-bond acceptors (Lipinski definition) is 4. The first-order valence-electron chi connectivity index (χ1n) is 7.45. The van der Waals surface area contributed by atoms with Crippen LogP contribution in [0.25, 0.3) is 0 Å². The van der Waals surface area contributed by atoms with Crippen LogP contribution in [0.5, 0.6) is 0 Å². The van der Waals surface area contributed by atoms with Gasteiger partial charge >= 0.3 is 0 Å². The third kappa shape index (κ3) is 5.21. The van der Waals surface area contributed by atoms with Crippen LogP contribution in [0.3, 0.4) is 0 Å². The standard InChI is InChI=1S/C12H17NO3.2C2H6/c1-10-2-4-11(5-3-10)12(14,15)13-6-8-16-9-7-13;2*1-2/h2-5,14-15H,6-9H2,1H3;2*1-2H3. The normalized spacial score (nSPS) is 15.6. The van der Waals surface area contributed by atoms with Crippen LogP contribution < -0.4 is 0 Å². The second kappa shape index (κ2) is 9.88. The Kier molecular flexibility index (Phi) is 9.42. The molecule has 0 saturated carbocycles. The summed E-state index contributed by atoms with van der Waals surface area (Å²) >= 11 is 0. The number of aliphatic hydroxyl groups is 2. The number of ether oxygens (including phenoxy) is 1. The van der Waals surface area contributed by atoms with Gasteiger partial charge in [-0.2, -0.15) is 0 Å². The fourth-order valence-corrected chi connectivity index (χ4v) is 1.83. The van der Waals surface area contributed by atoms with Gasteiger partial charge in [0.05, 0.1) is 13.2 Å². The van der Waals surface area contributed by atoms with E-state index in [9.17, 15) is 10.2 Å². The highest BCUT2D eigenvalue weighted by Gasteiger charge is 2.34. The van der Waals surface area contributed by atoms with E-state index in [0.717, 1.165) is 5.56 Å². The molecule has 1 aromatic rings. The monoisotopic (exact) mass is 283 g/mol. The van der Waals surface area contributed by atoms with E-state index in [1.165, 1.54) is 0 Å². The minimum absolute atomic E-state index is 0.500. The lowest BCUT2D eigenvalue weighted by atomic mass is 10.1. The van der Waals surface area contributed by atoms with Crippen molar-refractivity contribution < 1.29 is 14.9 Å². The van der Waals surface area contributed by atoms with Gasteiger partial charge in [0.25, 0.3) is 5.91 Å². The number of nitrogens with zero attached hydrogens (tertiary/aromatic N) is 1. The Balaban J connectivity index is 0.000000829. The number of hydrogen-bond donors (Lipinski definition) is 2. The summed E-state index contributed by atoms with van der Waals surface area (Å²) in [6.45, 7) is 12.1. The summed E-state index contributed by atoms with van der Waals surface area (Å²) in [5.74, 6) is -1.89. The van der Waals surface area contributed by atoms with E-state index < -0.39 is 5.91 Å². The lowest BCUT2D eigenvalue weighted by Gasteiger charge is -2.37. The predicted octanol–water partition coefficient (Wildman–Crippen LogP) is 2.47. The Morgan fingerprint density at radius 1 is 0.950 bits per heavy atom. The molecule has 0 unspecified atom stereocenters. The van der Waals surface area contributed by atoms with E-state index in [-0.39, 0.29) is 0 Å². The van der Waals surface area contributed by atoms with Crippen molar-refractivity contribution in [2.45, 2.75) is 40.5 Å². The van der Waals surface area contributed by atoms with Crippen LogP contribution in [-0.4, -0.2) is 41.4 Å². The molecule has 1 aromatic carbocycles. The molecule has 1 fully saturated rings. The molecule has 1 aliphatic rings. The fourth-order valence-electron chi connectivity index (χ4n) is 1.83. The van der Waals surface area contributed by atoms with E-state index >= 15 is 0 Å². The Bertz CT molecular complexity index is 343. The maximum atomic E-state index is 10.1. The second-order valence-corrected chi connectivity index (χ2v) is 4.10. The minimum Gasteiger partial charge on any atom is -0.379 e. The lowest BCUT2D eigenvalue weighted by molar-refractivity contribution is -0.286. The van der Waals surface area contributed by atoms with Gasteiger partial charge in [0.1, 0.15) is 0 Å². The molecule has 4 nitrogen and oxygen atoms in total. The zero-order valence-electron chi connectivity index (χ0n) is 13.4. The minimum atomic E-state index is -1.89. The van der Waals surface area contributed by atoms with Gasteiger partial charge in [-0.05, 0) is 6.92 Å².